The van der Waals surface area contributed by atoms with Crippen molar-refractivity contribution >= 4 is 0 Å². The molecule has 2 aliphatic heterocycles. The molecule has 0 saturated carbocycles. The van der Waals surface area contributed by atoms with Crippen LogP contribution >= 0.6 is 0 Å². The molecule has 4 unspecified atom stereocenters. The van der Waals surface area contributed by atoms with E-state index < -0.39 is 29.4 Å². The molecule has 2 saturated heterocycles. The number of halogens is 4. The lowest BCUT2D eigenvalue weighted by Gasteiger charge is -2.29. The third-order valence-electron chi connectivity index (χ3n) is 6.53. The molecule has 0 aromatic heterocycles. The molecule has 0 spiro atoms. The third-order valence-corrected chi connectivity index (χ3v) is 6.53. The van der Waals surface area contributed by atoms with E-state index in [1.165, 1.54) is 24.3 Å². The van der Waals surface area contributed by atoms with Crippen molar-refractivity contribution in [3.8, 4) is 11.1 Å². The molecule has 4 atom stereocenters. The molecule has 0 amide bonds. The van der Waals surface area contributed by atoms with Crippen molar-refractivity contribution in [1.82, 2.24) is 0 Å². The molecule has 2 aromatic rings. The molecule has 33 heavy (non-hydrogen) atoms. The van der Waals surface area contributed by atoms with Gasteiger partial charge in [0.1, 0.15) is 0 Å². The Morgan fingerprint density at radius 1 is 0.848 bits per heavy atom. The van der Waals surface area contributed by atoms with Crippen molar-refractivity contribution in [2.75, 3.05) is 19.8 Å². The van der Waals surface area contributed by atoms with Gasteiger partial charge in [0.15, 0.2) is 29.6 Å². The quantitative estimate of drug-likeness (QED) is 0.347. The molecule has 0 radical (unpaired) electrons. The van der Waals surface area contributed by atoms with E-state index in [0.717, 1.165) is 6.42 Å². The van der Waals surface area contributed by atoms with Gasteiger partial charge in [0, 0.05) is 35.1 Å². The molecule has 2 heterocycles. The van der Waals surface area contributed by atoms with Crippen molar-refractivity contribution < 1.29 is 31.8 Å². The van der Waals surface area contributed by atoms with Crippen LogP contribution in [0.5, 0.6) is 0 Å². The Bertz CT molecular complexity index is 994. The average Bonchev–Trinajstić information content (AvgIpc) is 2.84. The Hall–Kier alpha value is -2.22. The van der Waals surface area contributed by atoms with Crippen LogP contribution in [0.3, 0.4) is 0 Å². The lowest BCUT2D eigenvalue weighted by atomic mass is 9.90. The van der Waals surface area contributed by atoms with Crippen molar-refractivity contribution in [3.63, 3.8) is 0 Å². The molecule has 178 valence electrons. The molecule has 2 aliphatic rings. The zero-order valence-electron chi connectivity index (χ0n) is 18.6. The van der Waals surface area contributed by atoms with E-state index in [1.54, 1.807) is 6.08 Å². The topological polar surface area (TPSA) is 27.7 Å². The number of hydrogen-bond acceptors (Lipinski definition) is 3. The van der Waals surface area contributed by atoms with Crippen LogP contribution < -0.4 is 0 Å². The molecule has 2 aromatic carbocycles. The summed E-state index contributed by atoms with van der Waals surface area (Å²) in [5.74, 6) is -4.73. The summed E-state index contributed by atoms with van der Waals surface area (Å²) in [7, 11) is 0. The van der Waals surface area contributed by atoms with Crippen LogP contribution in [0.4, 0.5) is 17.6 Å². The zero-order chi connectivity index (χ0) is 23.5. The Balaban J connectivity index is 1.56. The maximum atomic E-state index is 15.0. The van der Waals surface area contributed by atoms with Gasteiger partial charge in [-0.15, -0.1) is 6.58 Å². The van der Waals surface area contributed by atoms with E-state index in [0.29, 0.717) is 32.5 Å². The fourth-order valence-electron chi connectivity index (χ4n) is 4.60. The molecular formula is C26H28F4O3. The summed E-state index contributed by atoms with van der Waals surface area (Å²) in [4.78, 5) is 0. The van der Waals surface area contributed by atoms with Gasteiger partial charge in [0.2, 0.25) is 0 Å². The van der Waals surface area contributed by atoms with Gasteiger partial charge >= 0.3 is 0 Å². The summed E-state index contributed by atoms with van der Waals surface area (Å²) >= 11 is 0. The van der Waals surface area contributed by atoms with Gasteiger partial charge in [0.05, 0.1) is 19.3 Å². The van der Waals surface area contributed by atoms with Crippen molar-refractivity contribution in [3.05, 3.63) is 71.3 Å². The van der Waals surface area contributed by atoms with Crippen LogP contribution in [-0.2, 0) is 14.2 Å². The molecule has 0 aliphatic carbocycles. The number of rotatable bonds is 6. The average molecular weight is 464 g/mol. The summed E-state index contributed by atoms with van der Waals surface area (Å²) in [5.41, 5.74) is -0.398. The first-order valence-electron chi connectivity index (χ1n) is 11.4. The molecular weight excluding hydrogens is 436 g/mol. The fourth-order valence-corrected chi connectivity index (χ4v) is 4.60. The fraction of sp³-hybridized carbons (Fsp3) is 0.462. The van der Waals surface area contributed by atoms with Gasteiger partial charge in [-0.3, -0.25) is 0 Å². The maximum absolute atomic E-state index is 15.0. The molecule has 0 N–H and O–H groups in total. The van der Waals surface area contributed by atoms with Gasteiger partial charge < -0.3 is 14.2 Å². The number of benzene rings is 2. The van der Waals surface area contributed by atoms with Gasteiger partial charge in [-0.05, 0) is 38.2 Å². The summed E-state index contributed by atoms with van der Waals surface area (Å²) in [6.45, 7) is 6.68. The van der Waals surface area contributed by atoms with Crippen LogP contribution in [0.1, 0.15) is 55.8 Å². The van der Waals surface area contributed by atoms with E-state index in [9.17, 15) is 17.6 Å². The summed E-state index contributed by atoms with van der Waals surface area (Å²) in [6, 6.07) is 5.39. The second-order valence-corrected chi connectivity index (χ2v) is 8.55. The monoisotopic (exact) mass is 464 g/mol. The minimum Gasteiger partial charge on any atom is -0.373 e. The van der Waals surface area contributed by atoms with Gasteiger partial charge in [0.25, 0.3) is 0 Å². The smallest absolute Gasteiger partial charge is 0.167 e. The summed E-state index contributed by atoms with van der Waals surface area (Å²) in [6.07, 6.45) is 3.29. The van der Waals surface area contributed by atoms with Crippen molar-refractivity contribution in [2.45, 2.75) is 50.9 Å². The lowest BCUT2D eigenvalue weighted by molar-refractivity contribution is -0.164. The highest BCUT2D eigenvalue weighted by Gasteiger charge is 2.30. The first-order chi connectivity index (χ1) is 15.9. The molecule has 0 bridgehead atoms. The largest absolute Gasteiger partial charge is 0.373 e. The predicted molar refractivity (Wildman–Crippen MR) is 117 cm³/mol. The second-order valence-electron chi connectivity index (χ2n) is 8.55. The zero-order valence-corrected chi connectivity index (χ0v) is 18.6. The highest BCUT2D eigenvalue weighted by atomic mass is 19.2. The lowest BCUT2D eigenvalue weighted by Crippen LogP contribution is -2.27. The number of hydrogen-bond donors (Lipinski definition) is 0. The Morgan fingerprint density at radius 2 is 1.52 bits per heavy atom. The van der Waals surface area contributed by atoms with Crippen LogP contribution in [0.2, 0.25) is 0 Å². The second kappa shape index (κ2) is 10.4. The van der Waals surface area contributed by atoms with Gasteiger partial charge in [-0.2, -0.15) is 0 Å². The third kappa shape index (κ3) is 4.86. The minimum absolute atomic E-state index is 0.0828. The van der Waals surface area contributed by atoms with E-state index in [1.807, 2.05) is 6.92 Å². The van der Waals surface area contributed by atoms with Crippen LogP contribution in [0.25, 0.3) is 11.1 Å². The maximum Gasteiger partial charge on any atom is 0.167 e. The van der Waals surface area contributed by atoms with Crippen LogP contribution in [0, 0.1) is 29.2 Å². The van der Waals surface area contributed by atoms with Crippen molar-refractivity contribution in [2.24, 2.45) is 5.92 Å². The molecule has 2 fully saturated rings. The van der Waals surface area contributed by atoms with E-state index in [4.69, 9.17) is 14.2 Å². The highest BCUT2D eigenvalue weighted by molar-refractivity contribution is 5.66. The van der Waals surface area contributed by atoms with Gasteiger partial charge in [-0.25, -0.2) is 17.6 Å². The van der Waals surface area contributed by atoms with Crippen LogP contribution in [-0.4, -0.2) is 26.1 Å². The summed E-state index contributed by atoms with van der Waals surface area (Å²) < 4.78 is 76.4. The molecule has 4 rings (SSSR count). The Morgan fingerprint density at radius 3 is 2.06 bits per heavy atom. The Labute approximate surface area is 191 Å². The van der Waals surface area contributed by atoms with E-state index >= 15 is 0 Å². The number of ether oxygens (including phenoxy) is 3. The standard InChI is InChI=1S/C26H28F4O3/c1-3-15-5-11-21(32-13-15)20-10-9-19(25(29)26(20)30)18-8-7-17(23(27)24(18)28)16-6-12-22(31-4-2)33-14-16/h3,7-10,15-16,21-22H,1,4-6,11-14H2,2H3. The Kier molecular flexibility index (Phi) is 7.51. The van der Waals surface area contributed by atoms with Gasteiger partial charge in [-0.1, -0.05) is 30.3 Å². The highest BCUT2D eigenvalue weighted by Crippen LogP contribution is 2.38. The SMILES string of the molecule is C=CC1CCC(c2ccc(-c3ccc(C4CCC(OCC)OC4)c(F)c3F)c(F)c2F)OC1. The van der Waals surface area contributed by atoms with Crippen molar-refractivity contribution in [1.29, 1.82) is 0 Å². The summed E-state index contributed by atoms with van der Waals surface area (Å²) in [5, 5.41) is 0. The van der Waals surface area contributed by atoms with E-state index in [-0.39, 0.29) is 47.0 Å². The molecule has 3 nitrogen and oxygen atoms in total. The predicted octanol–water partition coefficient (Wildman–Crippen LogP) is 6.82. The first-order valence-corrected chi connectivity index (χ1v) is 11.4. The minimum atomic E-state index is -1.21. The first kappa shape index (κ1) is 23.9. The van der Waals surface area contributed by atoms with E-state index in [2.05, 4.69) is 6.58 Å². The van der Waals surface area contributed by atoms with Crippen LogP contribution in [0.15, 0.2) is 36.9 Å². The molecule has 7 heteroatoms. The normalized spacial score (nSPS) is 25.7.